The molecule has 2 N–H and O–H groups in total. The lowest BCUT2D eigenvalue weighted by Gasteiger charge is -2.33. The predicted molar refractivity (Wildman–Crippen MR) is 134 cm³/mol. The molecule has 1 saturated carbocycles. The van der Waals surface area contributed by atoms with Crippen LogP contribution in [0.5, 0.6) is 0 Å². The molecule has 1 saturated heterocycles. The van der Waals surface area contributed by atoms with Gasteiger partial charge in [-0.05, 0) is 37.8 Å². The molecule has 1 amide bonds. The summed E-state index contributed by atoms with van der Waals surface area (Å²) < 4.78 is 30.4. The Balaban J connectivity index is 1.21. The van der Waals surface area contributed by atoms with Crippen molar-refractivity contribution in [3.63, 3.8) is 0 Å². The second kappa shape index (κ2) is 8.93. The van der Waals surface area contributed by atoms with Crippen LogP contribution in [0.2, 0.25) is 0 Å². The molecule has 2 fully saturated rings. The van der Waals surface area contributed by atoms with E-state index in [1.54, 1.807) is 11.6 Å². The molecule has 194 valence electrons. The summed E-state index contributed by atoms with van der Waals surface area (Å²) in [5, 5.41) is 2.86. The molecule has 0 unspecified atom stereocenters. The van der Waals surface area contributed by atoms with Crippen molar-refractivity contribution in [2.45, 2.75) is 56.5 Å². The number of hydrogen-bond acceptors (Lipinski definition) is 6. The van der Waals surface area contributed by atoms with E-state index in [2.05, 4.69) is 30.2 Å². The summed E-state index contributed by atoms with van der Waals surface area (Å²) in [7, 11) is 1.71. The summed E-state index contributed by atoms with van der Waals surface area (Å²) in [6, 6.07) is 7.44. The average Bonchev–Trinajstić information content (AvgIpc) is 3.41. The van der Waals surface area contributed by atoms with E-state index in [9.17, 15) is 18.4 Å². The standard InChI is InChI=1S/C25H28F2N8O2/c1-33-20-19(32-22(33)23(36)30-15-6-10-25(26,27)11-7-15)21(29-14-28-20)34-12-8-16(9-13-34)35-18-5-3-2-4-17(18)31-24(35)37/h2-5,14-16H,6-13H2,1H3,(H,30,36)(H,31,37). The highest BCUT2D eigenvalue weighted by Crippen LogP contribution is 2.33. The lowest BCUT2D eigenvalue weighted by molar-refractivity contribution is -0.0399. The number of piperidine rings is 1. The van der Waals surface area contributed by atoms with Crippen molar-refractivity contribution in [2.24, 2.45) is 7.05 Å². The first-order valence-electron chi connectivity index (χ1n) is 12.6. The molecular formula is C25H28F2N8O2. The topological polar surface area (TPSA) is 114 Å². The fourth-order valence-electron chi connectivity index (χ4n) is 5.63. The van der Waals surface area contributed by atoms with E-state index in [4.69, 9.17) is 0 Å². The number of aromatic nitrogens is 6. The van der Waals surface area contributed by atoms with E-state index >= 15 is 0 Å². The van der Waals surface area contributed by atoms with Crippen LogP contribution in [0, 0.1) is 0 Å². The number of hydrogen-bond donors (Lipinski definition) is 2. The third kappa shape index (κ3) is 4.23. The minimum absolute atomic E-state index is 0.0603. The predicted octanol–water partition coefficient (Wildman–Crippen LogP) is 3.16. The zero-order valence-electron chi connectivity index (χ0n) is 20.5. The van der Waals surface area contributed by atoms with Gasteiger partial charge in [-0.25, -0.2) is 28.5 Å². The van der Waals surface area contributed by atoms with Gasteiger partial charge in [0.15, 0.2) is 17.0 Å². The van der Waals surface area contributed by atoms with Gasteiger partial charge in [0.05, 0.1) is 11.0 Å². The molecule has 4 heterocycles. The second-order valence-electron chi connectivity index (χ2n) is 10.0. The molecule has 1 aliphatic carbocycles. The Labute approximate surface area is 210 Å². The number of halogens is 2. The SMILES string of the molecule is Cn1c(C(=O)NC2CCC(F)(F)CC2)nc2c(N3CCC(n4c(=O)[nH]c5ccccc54)CC3)ncnc21. The van der Waals surface area contributed by atoms with Gasteiger partial charge >= 0.3 is 5.69 Å². The molecule has 1 aromatic carbocycles. The number of benzene rings is 1. The number of aromatic amines is 1. The van der Waals surface area contributed by atoms with Crippen molar-refractivity contribution < 1.29 is 13.6 Å². The third-order valence-electron chi connectivity index (χ3n) is 7.65. The summed E-state index contributed by atoms with van der Waals surface area (Å²) in [6.45, 7) is 1.33. The Bertz CT molecular complexity index is 1520. The maximum Gasteiger partial charge on any atom is 0.326 e. The van der Waals surface area contributed by atoms with E-state index in [1.165, 1.54) is 6.33 Å². The van der Waals surface area contributed by atoms with Gasteiger partial charge < -0.3 is 19.8 Å². The normalized spacial score (nSPS) is 19.1. The number of fused-ring (bicyclic) bond motifs is 2. The monoisotopic (exact) mass is 510 g/mol. The summed E-state index contributed by atoms with van der Waals surface area (Å²) in [5.74, 6) is -2.24. The molecule has 1 aliphatic heterocycles. The quantitative estimate of drug-likeness (QED) is 0.436. The number of anilines is 1. The molecule has 6 rings (SSSR count). The molecule has 37 heavy (non-hydrogen) atoms. The highest BCUT2D eigenvalue weighted by atomic mass is 19.3. The fourth-order valence-corrected chi connectivity index (χ4v) is 5.63. The van der Waals surface area contributed by atoms with Crippen molar-refractivity contribution >= 4 is 33.9 Å². The number of alkyl halides is 2. The molecule has 2 aliphatic rings. The number of amides is 1. The second-order valence-corrected chi connectivity index (χ2v) is 10.0. The fraction of sp³-hybridized carbons (Fsp3) is 0.480. The first kappa shape index (κ1) is 23.6. The number of nitrogens with zero attached hydrogens (tertiary/aromatic N) is 6. The number of rotatable bonds is 4. The van der Waals surface area contributed by atoms with Crippen molar-refractivity contribution in [3.05, 3.63) is 46.9 Å². The van der Waals surface area contributed by atoms with Crippen LogP contribution in [0.4, 0.5) is 14.6 Å². The number of para-hydroxylation sites is 2. The first-order valence-corrected chi connectivity index (χ1v) is 12.6. The lowest BCUT2D eigenvalue weighted by Crippen LogP contribution is -2.41. The highest BCUT2D eigenvalue weighted by molar-refractivity contribution is 5.96. The van der Waals surface area contributed by atoms with Crippen LogP contribution >= 0.6 is 0 Å². The Morgan fingerprint density at radius 1 is 1.11 bits per heavy atom. The van der Waals surface area contributed by atoms with Crippen molar-refractivity contribution in [1.29, 1.82) is 0 Å². The highest BCUT2D eigenvalue weighted by Gasteiger charge is 2.36. The average molecular weight is 511 g/mol. The molecule has 10 nitrogen and oxygen atoms in total. The molecule has 4 aromatic rings. The molecular weight excluding hydrogens is 482 g/mol. The van der Waals surface area contributed by atoms with Crippen molar-refractivity contribution in [2.75, 3.05) is 18.0 Å². The third-order valence-corrected chi connectivity index (χ3v) is 7.65. The summed E-state index contributed by atoms with van der Waals surface area (Å²) in [5.41, 5.74) is 2.67. The zero-order chi connectivity index (χ0) is 25.7. The maximum atomic E-state index is 13.5. The van der Waals surface area contributed by atoms with E-state index in [0.717, 1.165) is 23.9 Å². The summed E-state index contributed by atoms with van der Waals surface area (Å²) in [6.07, 6.45) is 2.98. The largest absolute Gasteiger partial charge is 0.355 e. The van der Waals surface area contributed by atoms with Gasteiger partial charge in [-0.1, -0.05) is 12.1 Å². The van der Waals surface area contributed by atoms with E-state index in [-0.39, 0.29) is 49.3 Å². The molecule has 3 aromatic heterocycles. The van der Waals surface area contributed by atoms with Gasteiger partial charge in [0.25, 0.3) is 5.91 Å². The van der Waals surface area contributed by atoms with Crippen LogP contribution in [-0.4, -0.2) is 60.0 Å². The summed E-state index contributed by atoms with van der Waals surface area (Å²) >= 11 is 0. The van der Waals surface area contributed by atoms with Crippen LogP contribution in [0.1, 0.15) is 55.2 Å². The van der Waals surface area contributed by atoms with Crippen LogP contribution in [0.25, 0.3) is 22.2 Å². The number of carbonyl (C=O) groups is 1. The Hall–Kier alpha value is -3.83. The summed E-state index contributed by atoms with van der Waals surface area (Å²) in [4.78, 5) is 44.1. The lowest BCUT2D eigenvalue weighted by atomic mass is 9.92. The molecule has 0 atom stereocenters. The van der Waals surface area contributed by atoms with Crippen LogP contribution in [0.15, 0.2) is 35.4 Å². The molecule has 0 radical (unpaired) electrons. The smallest absolute Gasteiger partial charge is 0.326 e. The Morgan fingerprint density at radius 2 is 1.84 bits per heavy atom. The van der Waals surface area contributed by atoms with E-state index in [0.29, 0.717) is 30.1 Å². The molecule has 12 heteroatoms. The van der Waals surface area contributed by atoms with Crippen LogP contribution in [0.3, 0.4) is 0 Å². The Morgan fingerprint density at radius 3 is 2.59 bits per heavy atom. The number of nitrogens with one attached hydrogen (secondary N) is 2. The minimum atomic E-state index is -2.65. The van der Waals surface area contributed by atoms with E-state index < -0.39 is 11.8 Å². The van der Waals surface area contributed by atoms with Crippen molar-refractivity contribution in [3.8, 4) is 0 Å². The maximum absolute atomic E-state index is 13.5. The van der Waals surface area contributed by atoms with Gasteiger partial charge in [-0.3, -0.25) is 9.36 Å². The molecule has 0 spiro atoms. The van der Waals surface area contributed by atoms with Gasteiger partial charge in [-0.2, -0.15) is 0 Å². The number of aryl methyl sites for hydroxylation is 1. The van der Waals surface area contributed by atoms with Gasteiger partial charge in [0, 0.05) is 45.1 Å². The van der Waals surface area contributed by atoms with Crippen LogP contribution < -0.4 is 15.9 Å². The number of carbonyl (C=O) groups excluding carboxylic acids is 1. The number of H-pyrrole nitrogens is 1. The number of imidazole rings is 2. The Kier molecular flexibility index (Phi) is 5.68. The van der Waals surface area contributed by atoms with Crippen LogP contribution in [-0.2, 0) is 7.05 Å². The van der Waals surface area contributed by atoms with Gasteiger partial charge in [0.2, 0.25) is 11.7 Å². The van der Waals surface area contributed by atoms with E-state index in [1.807, 2.05) is 28.8 Å². The van der Waals surface area contributed by atoms with Crippen molar-refractivity contribution in [1.82, 2.24) is 34.4 Å². The first-order chi connectivity index (χ1) is 17.8. The minimum Gasteiger partial charge on any atom is -0.355 e. The van der Waals surface area contributed by atoms with Gasteiger partial charge in [0.1, 0.15) is 6.33 Å². The zero-order valence-corrected chi connectivity index (χ0v) is 20.5. The van der Waals surface area contributed by atoms with Gasteiger partial charge in [-0.15, -0.1) is 0 Å². The molecule has 0 bridgehead atoms.